The molecular formula is C70H80F3N19O6S3. The van der Waals surface area contributed by atoms with Gasteiger partial charge in [0, 0.05) is 127 Å². The highest BCUT2D eigenvalue weighted by Crippen LogP contribution is 2.39. The summed E-state index contributed by atoms with van der Waals surface area (Å²) < 4.78 is 130. The highest BCUT2D eigenvalue weighted by atomic mass is 32.2. The number of nitrogens with one attached hydrogen (secondary N) is 2. The molecule has 7 aromatic heterocycles. The number of hydrogen-bond acceptors (Lipinski definition) is 19. The van der Waals surface area contributed by atoms with E-state index in [2.05, 4.69) is 75.0 Å². The van der Waals surface area contributed by atoms with Gasteiger partial charge in [-0.1, -0.05) is 0 Å². The number of piperidine rings is 3. The maximum absolute atomic E-state index is 13.5. The van der Waals surface area contributed by atoms with Gasteiger partial charge in [-0.15, -0.1) is 30.6 Å². The molecule has 530 valence electrons. The predicted molar refractivity (Wildman–Crippen MR) is 377 cm³/mol. The molecule has 15 rings (SSSR count). The first kappa shape index (κ1) is 70.3. The second-order valence-corrected chi connectivity index (χ2v) is 31.7. The summed E-state index contributed by atoms with van der Waals surface area (Å²) in [5.41, 5.74) is 12.3. The SMILES string of the molecule is Cc1cc(F)ccc1S(=O)(=O)N(C)C1CCN(c2nnc(-c3ccnn3C)c3cccnc23)CC1.Cc1cc(F)ccc1S(=O)(=O)NC1CCN(c2nnc(-c3ccnn3C)c3c2CCC3)CC1.Cc1cc(F)ccc1S(=O)(=O)NC1CCN(c2nnc(-c3ccnn3C)c3c2CCC3)CC1. The van der Waals surface area contributed by atoms with Crippen LogP contribution in [0.5, 0.6) is 0 Å². The largest absolute Gasteiger partial charge is 0.355 e. The second-order valence-electron chi connectivity index (χ2n) is 26.4. The molecule has 3 saturated heterocycles. The zero-order chi connectivity index (χ0) is 71.1. The molecule has 3 aromatic carbocycles. The van der Waals surface area contributed by atoms with Gasteiger partial charge < -0.3 is 14.7 Å². The fourth-order valence-corrected chi connectivity index (χ4v) is 19.2. The van der Waals surface area contributed by atoms with Crippen molar-refractivity contribution in [2.45, 2.75) is 131 Å². The Hall–Kier alpha value is -9.14. The van der Waals surface area contributed by atoms with Gasteiger partial charge >= 0.3 is 0 Å². The van der Waals surface area contributed by atoms with Crippen LogP contribution in [-0.2, 0) is 76.9 Å². The van der Waals surface area contributed by atoms with Gasteiger partial charge in [0.1, 0.15) is 40.1 Å². The molecule has 10 aromatic rings. The molecule has 25 nitrogen and oxygen atoms in total. The minimum absolute atomic E-state index is 0.126. The molecule has 0 saturated carbocycles. The van der Waals surface area contributed by atoms with Crippen LogP contribution in [-0.4, -0.2) is 159 Å². The molecule has 0 amide bonds. The van der Waals surface area contributed by atoms with Crippen LogP contribution in [0.1, 0.15) is 90.3 Å². The third-order valence-electron chi connectivity index (χ3n) is 19.9. The van der Waals surface area contributed by atoms with Gasteiger partial charge in [-0.2, -0.15) is 19.6 Å². The van der Waals surface area contributed by atoms with Crippen molar-refractivity contribution in [3.05, 3.63) is 166 Å². The van der Waals surface area contributed by atoms with Crippen LogP contribution >= 0.6 is 0 Å². The van der Waals surface area contributed by atoms with Crippen molar-refractivity contribution in [3.63, 3.8) is 0 Å². The second kappa shape index (κ2) is 29.1. The molecule has 2 N–H and O–H groups in total. The molecule has 0 unspecified atom stereocenters. The van der Waals surface area contributed by atoms with Crippen LogP contribution in [0, 0.1) is 38.2 Å². The predicted octanol–water partition coefficient (Wildman–Crippen LogP) is 8.68. The number of rotatable bonds is 15. The number of fused-ring (bicyclic) bond motifs is 3. The molecule has 0 atom stereocenters. The maximum Gasteiger partial charge on any atom is 0.243 e. The molecule has 31 heteroatoms. The first-order valence-electron chi connectivity index (χ1n) is 33.8. The Morgan fingerprint density at radius 2 is 0.822 bits per heavy atom. The van der Waals surface area contributed by atoms with E-state index in [0.29, 0.717) is 106 Å². The minimum Gasteiger partial charge on any atom is -0.355 e. The number of aromatic nitrogens is 13. The van der Waals surface area contributed by atoms with Gasteiger partial charge in [0.15, 0.2) is 17.5 Å². The molecule has 10 heterocycles. The normalized spacial score (nSPS) is 16.3. The average Bonchev–Trinajstić information content (AvgIpc) is 1.77. The van der Waals surface area contributed by atoms with Crippen molar-refractivity contribution < 1.29 is 38.4 Å². The van der Waals surface area contributed by atoms with Gasteiger partial charge in [-0.25, -0.2) is 47.9 Å². The zero-order valence-electron chi connectivity index (χ0n) is 57.3. The first-order valence-corrected chi connectivity index (χ1v) is 38.2. The first-order chi connectivity index (χ1) is 48.4. The fraction of sp³-hybridized carbons (Fsp3) is 0.400. The van der Waals surface area contributed by atoms with Crippen molar-refractivity contribution in [1.29, 1.82) is 0 Å². The lowest BCUT2D eigenvalue weighted by atomic mass is 10.0. The number of benzene rings is 3. The summed E-state index contributed by atoms with van der Waals surface area (Å²) in [6.07, 6.45) is 17.0. The molecule has 3 aliphatic heterocycles. The average molecular weight is 1440 g/mol. The molecule has 101 heavy (non-hydrogen) atoms. The number of anilines is 3. The Balaban J connectivity index is 0.000000136. The third-order valence-corrected chi connectivity index (χ3v) is 25.3. The standard InChI is InChI=1S/C24H26FN7O2S.2C23H27FN6O2S/c1-16-15-17(25)6-7-21(16)35(33,34)31(3)18-9-13-32(14-10-18)24-23-19(5-4-11-26-23)22(28-29-24)20-8-12-27-30(20)2;2*1-15-14-16(24)6-7-21(15)33(31,32)28-17-9-12-30(13-10-17)23-19-5-3-4-18(19)22(26-27-23)20-8-11-25-29(20)2/h4-8,11-12,15,18H,9-10,13-14H2,1-3H3;2*6-8,11,14,17,28H,3-5,9-10,12-13H2,1-2H3. The molecule has 2 aliphatic carbocycles. The van der Waals surface area contributed by atoms with Crippen LogP contribution in [0.4, 0.5) is 30.6 Å². The molecule has 3 fully saturated rings. The summed E-state index contributed by atoms with van der Waals surface area (Å²) in [5, 5.41) is 41.0. The molecule has 0 radical (unpaired) electrons. The Labute approximate surface area is 585 Å². The molecule has 5 aliphatic rings. The van der Waals surface area contributed by atoms with Crippen molar-refractivity contribution >= 4 is 58.4 Å². The summed E-state index contributed by atoms with van der Waals surface area (Å²) in [6.45, 7) is 8.82. The van der Waals surface area contributed by atoms with Gasteiger partial charge in [0.2, 0.25) is 30.1 Å². The Bertz CT molecular complexity index is 4890. The number of nitrogens with zero attached hydrogens (tertiary/aromatic N) is 17. The van der Waals surface area contributed by atoms with E-state index in [-0.39, 0.29) is 32.8 Å². The Morgan fingerprint density at radius 1 is 0.446 bits per heavy atom. The van der Waals surface area contributed by atoms with Crippen LogP contribution in [0.15, 0.2) is 124 Å². The van der Waals surface area contributed by atoms with Crippen LogP contribution < -0.4 is 24.1 Å². The zero-order valence-corrected chi connectivity index (χ0v) is 59.7. The number of pyridine rings is 1. The van der Waals surface area contributed by atoms with E-state index in [0.717, 1.165) is 89.5 Å². The highest BCUT2D eigenvalue weighted by molar-refractivity contribution is 7.90. The van der Waals surface area contributed by atoms with Crippen molar-refractivity contribution in [2.24, 2.45) is 21.1 Å². The quantitative estimate of drug-likeness (QED) is 0.0970. The topological polar surface area (TPSA) is 283 Å². The van der Waals surface area contributed by atoms with E-state index in [4.69, 9.17) is 0 Å². The van der Waals surface area contributed by atoms with E-state index in [1.165, 1.54) is 81.2 Å². The monoisotopic (exact) mass is 1440 g/mol. The van der Waals surface area contributed by atoms with E-state index in [9.17, 15) is 38.4 Å². The Morgan fingerprint density at radius 3 is 1.24 bits per heavy atom. The highest BCUT2D eigenvalue weighted by Gasteiger charge is 2.36. The smallest absolute Gasteiger partial charge is 0.243 e. The van der Waals surface area contributed by atoms with Crippen molar-refractivity contribution in [3.8, 4) is 34.2 Å². The van der Waals surface area contributed by atoms with Gasteiger partial charge in [0.05, 0.1) is 31.8 Å². The summed E-state index contributed by atoms with van der Waals surface area (Å²) in [6, 6.07) is 20.4. The summed E-state index contributed by atoms with van der Waals surface area (Å²) in [5.74, 6) is 1.19. The summed E-state index contributed by atoms with van der Waals surface area (Å²) >= 11 is 0. The fourth-order valence-electron chi connectivity index (χ4n) is 14.6. The van der Waals surface area contributed by atoms with Crippen LogP contribution in [0.2, 0.25) is 0 Å². The number of halogens is 3. The number of hydrogen-bond donors (Lipinski definition) is 2. The number of aryl methyl sites for hydroxylation is 6. The molecule has 0 bridgehead atoms. The lowest BCUT2D eigenvalue weighted by Gasteiger charge is -2.36. The summed E-state index contributed by atoms with van der Waals surface area (Å²) in [4.78, 5) is 11.5. The van der Waals surface area contributed by atoms with E-state index >= 15 is 0 Å². The number of sulfonamides is 3. The van der Waals surface area contributed by atoms with Crippen LogP contribution in [0.3, 0.4) is 0 Å². The van der Waals surface area contributed by atoms with Crippen molar-refractivity contribution in [2.75, 3.05) is 61.0 Å². The van der Waals surface area contributed by atoms with Crippen molar-refractivity contribution in [1.82, 2.24) is 78.7 Å². The Kier molecular flexibility index (Phi) is 20.2. The molecule has 0 spiro atoms. The molecular weight excluding hydrogens is 1360 g/mol. The maximum atomic E-state index is 13.5. The lowest BCUT2D eigenvalue weighted by Crippen LogP contribution is -2.46. The van der Waals surface area contributed by atoms with Gasteiger partial charge in [0.25, 0.3) is 0 Å². The lowest BCUT2D eigenvalue weighted by molar-refractivity contribution is 0.311. The van der Waals surface area contributed by atoms with Gasteiger partial charge in [-0.05, 0) is 211 Å². The van der Waals surface area contributed by atoms with Gasteiger partial charge in [-0.3, -0.25) is 19.0 Å². The third kappa shape index (κ3) is 14.6. The minimum atomic E-state index is -3.74. The summed E-state index contributed by atoms with van der Waals surface area (Å²) in [7, 11) is -3.88. The van der Waals surface area contributed by atoms with E-state index in [1.807, 2.05) is 60.8 Å². The van der Waals surface area contributed by atoms with E-state index < -0.39 is 47.5 Å². The van der Waals surface area contributed by atoms with E-state index in [1.54, 1.807) is 57.3 Å². The van der Waals surface area contributed by atoms with Crippen LogP contribution in [0.25, 0.3) is 45.1 Å².